The summed E-state index contributed by atoms with van der Waals surface area (Å²) in [5.74, 6) is 0.797. The maximum atomic E-state index is 8.93. The number of aliphatic hydroxyl groups excluding tert-OH is 1. The highest BCUT2D eigenvalue weighted by Gasteiger charge is 2.31. The summed E-state index contributed by atoms with van der Waals surface area (Å²) in [6.07, 6.45) is 3.51. The Kier molecular flexibility index (Phi) is 5.45. The number of ether oxygens (including phenoxy) is 1. The van der Waals surface area contributed by atoms with Crippen LogP contribution in [0.15, 0.2) is 0 Å². The number of nitrogens with one attached hydrogen (secondary N) is 1. The molecule has 1 rings (SSSR count). The minimum Gasteiger partial charge on any atom is -0.396 e. The molecule has 0 heterocycles. The Hall–Kier alpha value is -0.120. The lowest BCUT2D eigenvalue weighted by Crippen LogP contribution is -2.41. The second-order valence-corrected chi connectivity index (χ2v) is 4.18. The van der Waals surface area contributed by atoms with Crippen molar-refractivity contribution in [3.8, 4) is 0 Å². The van der Waals surface area contributed by atoms with Gasteiger partial charge >= 0.3 is 0 Å². The van der Waals surface area contributed by atoms with Crippen LogP contribution in [0.1, 0.15) is 33.1 Å². The average molecular weight is 201 g/mol. The first-order chi connectivity index (χ1) is 6.77. The Labute approximate surface area is 86.8 Å². The van der Waals surface area contributed by atoms with Crippen molar-refractivity contribution >= 4 is 0 Å². The van der Waals surface area contributed by atoms with Crippen molar-refractivity contribution in [1.29, 1.82) is 0 Å². The molecule has 1 saturated carbocycles. The lowest BCUT2D eigenvalue weighted by molar-refractivity contribution is 0.119. The summed E-state index contributed by atoms with van der Waals surface area (Å²) < 4.78 is 5.35. The molecule has 0 amide bonds. The van der Waals surface area contributed by atoms with Crippen LogP contribution in [0, 0.1) is 5.92 Å². The van der Waals surface area contributed by atoms with Crippen LogP contribution in [-0.4, -0.2) is 37.0 Å². The lowest BCUT2D eigenvalue weighted by Gasteiger charge is -2.22. The number of hydrogen-bond donors (Lipinski definition) is 2. The fourth-order valence-electron chi connectivity index (χ4n) is 1.80. The molecule has 0 aromatic rings. The molecule has 1 fully saturated rings. The van der Waals surface area contributed by atoms with Crippen LogP contribution in [0.5, 0.6) is 0 Å². The summed E-state index contributed by atoms with van der Waals surface area (Å²) in [5.41, 5.74) is 0. The summed E-state index contributed by atoms with van der Waals surface area (Å²) in [6.45, 7) is 5.99. The van der Waals surface area contributed by atoms with Crippen molar-refractivity contribution < 1.29 is 9.84 Å². The Morgan fingerprint density at radius 3 is 2.71 bits per heavy atom. The van der Waals surface area contributed by atoms with E-state index in [9.17, 15) is 0 Å². The van der Waals surface area contributed by atoms with Gasteiger partial charge in [-0.1, -0.05) is 0 Å². The van der Waals surface area contributed by atoms with E-state index in [2.05, 4.69) is 12.2 Å². The molecule has 84 valence electrons. The first-order valence-corrected chi connectivity index (χ1v) is 5.72. The van der Waals surface area contributed by atoms with Gasteiger partial charge in [-0.2, -0.15) is 0 Å². The highest BCUT2D eigenvalue weighted by molar-refractivity contribution is 4.87. The molecule has 2 unspecified atom stereocenters. The standard InChI is InChI=1S/C11H23NO2/c1-3-14-8-9(2)12-11(6-7-13)10-4-5-10/h9-13H,3-8H2,1-2H3. The summed E-state index contributed by atoms with van der Waals surface area (Å²) >= 11 is 0. The molecular weight excluding hydrogens is 178 g/mol. The van der Waals surface area contributed by atoms with Crippen molar-refractivity contribution in [3.63, 3.8) is 0 Å². The first kappa shape index (κ1) is 12.0. The lowest BCUT2D eigenvalue weighted by atomic mass is 10.1. The van der Waals surface area contributed by atoms with Crippen LogP contribution in [0.2, 0.25) is 0 Å². The van der Waals surface area contributed by atoms with Crippen molar-refractivity contribution in [2.45, 2.75) is 45.2 Å². The maximum absolute atomic E-state index is 8.93. The molecule has 0 radical (unpaired) electrons. The fraction of sp³-hybridized carbons (Fsp3) is 1.00. The van der Waals surface area contributed by atoms with Crippen molar-refractivity contribution in [3.05, 3.63) is 0 Å². The normalized spacial score (nSPS) is 20.8. The smallest absolute Gasteiger partial charge is 0.0616 e. The number of rotatable bonds is 8. The molecule has 1 aliphatic carbocycles. The van der Waals surface area contributed by atoms with Gasteiger partial charge in [0.25, 0.3) is 0 Å². The predicted octanol–water partition coefficient (Wildman–Crippen LogP) is 1.16. The van der Waals surface area contributed by atoms with Crippen LogP contribution in [0.3, 0.4) is 0 Å². The van der Waals surface area contributed by atoms with Crippen LogP contribution in [0.25, 0.3) is 0 Å². The highest BCUT2D eigenvalue weighted by Crippen LogP contribution is 2.34. The molecule has 1 aliphatic rings. The van der Waals surface area contributed by atoms with Gasteiger partial charge in [0.15, 0.2) is 0 Å². The minimum atomic E-state index is 0.287. The Bertz CT molecular complexity index is 148. The largest absolute Gasteiger partial charge is 0.396 e. The Balaban J connectivity index is 2.16. The minimum absolute atomic E-state index is 0.287. The van der Waals surface area contributed by atoms with E-state index in [-0.39, 0.29) is 6.61 Å². The summed E-state index contributed by atoms with van der Waals surface area (Å²) in [6, 6.07) is 0.891. The Morgan fingerprint density at radius 1 is 1.50 bits per heavy atom. The summed E-state index contributed by atoms with van der Waals surface area (Å²) in [5, 5.41) is 12.5. The van der Waals surface area contributed by atoms with Crippen LogP contribution >= 0.6 is 0 Å². The summed E-state index contributed by atoms with van der Waals surface area (Å²) in [4.78, 5) is 0. The molecule has 0 aromatic heterocycles. The topological polar surface area (TPSA) is 41.5 Å². The first-order valence-electron chi connectivity index (χ1n) is 5.72. The number of hydrogen-bond acceptors (Lipinski definition) is 3. The molecule has 0 bridgehead atoms. The summed E-state index contributed by atoms with van der Waals surface area (Å²) in [7, 11) is 0. The molecule has 0 spiro atoms. The van der Waals surface area contributed by atoms with Crippen LogP contribution in [0.4, 0.5) is 0 Å². The third kappa shape index (κ3) is 4.40. The third-order valence-electron chi connectivity index (χ3n) is 2.70. The Morgan fingerprint density at radius 2 is 2.21 bits per heavy atom. The van der Waals surface area contributed by atoms with Gasteiger partial charge in [0.1, 0.15) is 0 Å². The van der Waals surface area contributed by atoms with E-state index >= 15 is 0 Å². The van der Waals surface area contributed by atoms with E-state index < -0.39 is 0 Å². The van der Waals surface area contributed by atoms with Gasteiger partial charge in [0.2, 0.25) is 0 Å². The zero-order valence-electron chi connectivity index (χ0n) is 9.33. The van der Waals surface area contributed by atoms with E-state index in [1.54, 1.807) is 0 Å². The quantitative estimate of drug-likeness (QED) is 0.619. The van der Waals surface area contributed by atoms with Crippen molar-refractivity contribution in [2.75, 3.05) is 19.8 Å². The van der Waals surface area contributed by atoms with Gasteiger partial charge in [-0.15, -0.1) is 0 Å². The molecule has 0 saturated heterocycles. The molecule has 3 heteroatoms. The second kappa shape index (κ2) is 6.38. The van der Waals surface area contributed by atoms with E-state index in [0.717, 1.165) is 25.6 Å². The molecule has 0 aromatic carbocycles. The maximum Gasteiger partial charge on any atom is 0.0616 e. The van der Waals surface area contributed by atoms with Gasteiger partial charge < -0.3 is 15.2 Å². The van der Waals surface area contributed by atoms with Gasteiger partial charge in [-0.25, -0.2) is 0 Å². The van der Waals surface area contributed by atoms with Gasteiger partial charge in [-0.3, -0.25) is 0 Å². The number of aliphatic hydroxyl groups is 1. The van der Waals surface area contributed by atoms with Crippen molar-refractivity contribution in [2.24, 2.45) is 5.92 Å². The van der Waals surface area contributed by atoms with Crippen LogP contribution in [-0.2, 0) is 4.74 Å². The molecule has 3 nitrogen and oxygen atoms in total. The molecule has 2 N–H and O–H groups in total. The van der Waals surface area contributed by atoms with E-state index in [0.29, 0.717) is 12.1 Å². The average Bonchev–Trinajstić information content (AvgIpc) is 2.97. The zero-order valence-corrected chi connectivity index (χ0v) is 9.33. The van der Waals surface area contributed by atoms with Gasteiger partial charge in [0.05, 0.1) is 6.61 Å². The van der Waals surface area contributed by atoms with E-state index in [4.69, 9.17) is 9.84 Å². The zero-order chi connectivity index (χ0) is 10.4. The molecule has 0 aliphatic heterocycles. The molecular formula is C11H23NO2. The van der Waals surface area contributed by atoms with Crippen LogP contribution < -0.4 is 5.32 Å². The van der Waals surface area contributed by atoms with E-state index in [1.165, 1.54) is 12.8 Å². The SMILES string of the molecule is CCOCC(C)NC(CCO)C1CC1. The fourth-order valence-corrected chi connectivity index (χ4v) is 1.80. The van der Waals surface area contributed by atoms with E-state index in [1.807, 2.05) is 6.92 Å². The van der Waals surface area contributed by atoms with Gasteiger partial charge in [-0.05, 0) is 39.0 Å². The highest BCUT2D eigenvalue weighted by atomic mass is 16.5. The predicted molar refractivity (Wildman–Crippen MR) is 57.3 cm³/mol. The molecule has 14 heavy (non-hydrogen) atoms. The third-order valence-corrected chi connectivity index (χ3v) is 2.70. The second-order valence-electron chi connectivity index (χ2n) is 4.18. The molecule has 2 atom stereocenters. The van der Waals surface area contributed by atoms with Crippen molar-refractivity contribution in [1.82, 2.24) is 5.32 Å². The monoisotopic (exact) mass is 201 g/mol. The van der Waals surface area contributed by atoms with Gasteiger partial charge in [0, 0.05) is 25.3 Å².